The van der Waals surface area contributed by atoms with Gasteiger partial charge in [-0.2, -0.15) is 0 Å². The summed E-state index contributed by atoms with van der Waals surface area (Å²) in [6, 6.07) is 6.30. The lowest BCUT2D eigenvalue weighted by Gasteiger charge is -2.32. The van der Waals surface area contributed by atoms with E-state index in [0.29, 0.717) is 24.6 Å². The van der Waals surface area contributed by atoms with Crippen molar-refractivity contribution in [2.75, 3.05) is 19.3 Å². The van der Waals surface area contributed by atoms with E-state index in [-0.39, 0.29) is 17.9 Å². The molecule has 2 N–H and O–H groups in total. The fourth-order valence-corrected chi connectivity index (χ4v) is 5.07. The van der Waals surface area contributed by atoms with Gasteiger partial charge in [-0.15, -0.1) is 0 Å². The minimum atomic E-state index is -3.12. The Morgan fingerprint density at radius 2 is 2.16 bits per heavy atom. The van der Waals surface area contributed by atoms with Gasteiger partial charge in [0.2, 0.25) is 10.0 Å². The van der Waals surface area contributed by atoms with Crippen LogP contribution in [0, 0.1) is 11.7 Å². The molecule has 2 heterocycles. The van der Waals surface area contributed by atoms with Crippen molar-refractivity contribution < 1.29 is 17.9 Å². The number of aliphatic hydroxyl groups is 1. The van der Waals surface area contributed by atoms with Crippen LogP contribution in [0.2, 0.25) is 0 Å². The molecule has 0 spiro atoms. The first kappa shape index (κ1) is 18.8. The molecule has 3 rings (SSSR count). The molecule has 0 radical (unpaired) electrons. The third kappa shape index (κ3) is 4.78. The van der Waals surface area contributed by atoms with Crippen molar-refractivity contribution in [3.05, 3.63) is 35.6 Å². The highest BCUT2D eigenvalue weighted by Crippen LogP contribution is 2.30. The quantitative estimate of drug-likeness (QED) is 0.832. The van der Waals surface area contributed by atoms with Crippen LogP contribution >= 0.6 is 0 Å². The average molecular weight is 370 g/mol. The van der Waals surface area contributed by atoms with E-state index in [1.54, 1.807) is 16.4 Å². The molecule has 4 atom stereocenters. The maximum Gasteiger partial charge on any atom is 0.211 e. The SMILES string of the molecule is CS(=O)(=O)N1CCC[C@@H](C[C@@H]2CC[C@H]([C@@H](O)c3cccc(F)c3)N2)C1. The summed E-state index contributed by atoms with van der Waals surface area (Å²) in [6.45, 7) is 1.21. The van der Waals surface area contributed by atoms with Gasteiger partial charge in [0, 0.05) is 25.2 Å². The Morgan fingerprint density at radius 1 is 1.36 bits per heavy atom. The zero-order valence-corrected chi connectivity index (χ0v) is 15.4. The molecule has 2 aliphatic heterocycles. The number of benzene rings is 1. The van der Waals surface area contributed by atoms with Gasteiger partial charge in [0.25, 0.3) is 0 Å². The Morgan fingerprint density at radius 3 is 2.88 bits per heavy atom. The smallest absolute Gasteiger partial charge is 0.211 e. The van der Waals surface area contributed by atoms with Crippen LogP contribution in [0.3, 0.4) is 0 Å². The van der Waals surface area contributed by atoms with Crippen LogP contribution in [0.5, 0.6) is 0 Å². The molecule has 1 aromatic rings. The fraction of sp³-hybridized carbons (Fsp3) is 0.667. The molecule has 1 aromatic carbocycles. The number of rotatable bonds is 5. The molecular formula is C18H27FN2O3S. The van der Waals surface area contributed by atoms with Gasteiger partial charge in [0.05, 0.1) is 12.4 Å². The molecule has 2 fully saturated rings. The van der Waals surface area contributed by atoms with Crippen molar-refractivity contribution in [1.82, 2.24) is 9.62 Å². The normalized spacial score (nSPS) is 29.6. The van der Waals surface area contributed by atoms with Crippen LogP contribution < -0.4 is 5.32 Å². The molecule has 0 aliphatic carbocycles. The van der Waals surface area contributed by atoms with Gasteiger partial charge >= 0.3 is 0 Å². The lowest BCUT2D eigenvalue weighted by molar-refractivity contribution is 0.133. The largest absolute Gasteiger partial charge is 0.387 e. The summed E-state index contributed by atoms with van der Waals surface area (Å²) < 4.78 is 38.4. The monoisotopic (exact) mass is 370 g/mol. The second kappa shape index (κ2) is 7.70. The number of hydrogen-bond donors (Lipinski definition) is 2. The minimum Gasteiger partial charge on any atom is -0.387 e. The topological polar surface area (TPSA) is 69.6 Å². The van der Waals surface area contributed by atoms with Crippen LogP contribution in [0.15, 0.2) is 24.3 Å². The van der Waals surface area contributed by atoms with Gasteiger partial charge in [-0.25, -0.2) is 17.1 Å². The lowest BCUT2D eigenvalue weighted by Crippen LogP contribution is -2.42. The first-order chi connectivity index (χ1) is 11.8. The molecule has 25 heavy (non-hydrogen) atoms. The zero-order valence-electron chi connectivity index (χ0n) is 14.6. The van der Waals surface area contributed by atoms with E-state index >= 15 is 0 Å². The Balaban J connectivity index is 1.54. The Hall–Kier alpha value is -1.02. The summed E-state index contributed by atoms with van der Waals surface area (Å²) in [5, 5.41) is 14.0. The van der Waals surface area contributed by atoms with E-state index in [1.807, 2.05) is 0 Å². The molecule has 5 nitrogen and oxygen atoms in total. The Kier molecular flexibility index (Phi) is 5.78. The summed E-state index contributed by atoms with van der Waals surface area (Å²) in [5.74, 6) is 0.0141. The summed E-state index contributed by atoms with van der Waals surface area (Å²) in [4.78, 5) is 0. The van der Waals surface area contributed by atoms with E-state index in [1.165, 1.54) is 18.4 Å². The van der Waals surface area contributed by atoms with Crippen molar-refractivity contribution in [3.8, 4) is 0 Å². The molecule has 0 unspecified atom stereocenters. The standard InChI is InChI=1S/C18H27FN2O3S/c1-25(23,24)21-9-3-4-13(12-21)10-16-7-8-17(20-16)18(22)14-5-2-6-15(19)11-14/h2,5-6,11,13,16-18,20,22H,3-4,7-10,12H2,1H3/t13-,16-,17+,18-/m0/s1. The van der Waals surface area contributed by atoms with E-state index in [9.17, 15) is 17.9 Å². The third-order valence-corrected chi connectivity index (χ3v) is 6.69. The molecule has 0 saturated carbocycles. The number of nitrogens with zero attached hydrogens (tertiary/aromatic N) is 1. The van der Waals surface area contributed by atoms with Crippen molar-refractivity contribution in [2.45, 2.75) is 50.3 Å². The Bertz CT molecular complexity index is 697. The van der Waals surface area contributed by atoms with E-state index in [2.05, 4.69) is 5.32 Å². The summed E-state index contributed by atoms with van der Waals surface area (Å²) in [6.07, 6.45) is 5.20. The van der Waals surface area contributed by atoms with E-state index < -0.39 is 16.1 Å². The minimum absolute atomic E-state index is 0.0820. The van der Waals surface area contributed by atoms with Crippen molar-refractivity contribution in [3.63, 3.8) is 0 Å². The second-order valence-electron chi connectivity index (χ2n) is 7.41. The maximum atomic E-state index is 13.3. The van der Waals surface area contributed by atoms with Gasteiger partial charge < -0.3 is 10.4 Å². The van der Waals surface area contributed by atoms with Crippen molar-refractivity contribution in [1.29, 1.82) is 0 Å². The van der Waals surface area contributed by atoms with Crippen molar-refractivity contribution in [2.24, 2.45) is 5.92 Å². The number of hydrogen-bond acceptors (Lipinski definition) is 4. The van der Waals surface area contributed by atoms with Gasteiger partial charge in [0.15, 0.2) is 0 Å². The summed E-state index contributed by atoms with van der Waals surface area (Å²) >= 11 is 0. The lowest BCUT2D eigenvalue weighted by atomic mass is 9.92. The number of nitrogens with one attached hydrogen (secondary N) is 1. The van der Waals surface area contributed by atoms with Crippen LogP contribution in [-0.2, 0) is 10.0 Å². The molecule has 0 aromatic heterocycles. The highest BCUT2D eigenvalue weighted by atomic mass is 32.2. The first-order valence-corrected chi connectivity index (χ1v) is 10.8. The van der Waals surface area contributed by atoms with E-state index in [4.69, 9.17) is 0 Å². The summed E-state index contributed by atoms with van der Waals surface area (Å²) in [7, 11) is -3.12. The highest BCUT2D eigenvalue weighted by molar-refractivity contribution is 7.88. The number of aliphatic hydroxyl groups excluding tert-OH is 1. The van der Waals surface area contributed by atoms with E-state index in [0.717, 1.165) is 32.1 Å². The highest BCUT2D eigenvalue weighted by Gasteiger charge is 2.33. The number of sulfonamides is 1. The summed E-state index contributed by atoms with van der Waals surface area (Å²) in [5.41, 5.74) is 0.596. The molecule has 0 amide bonds. The van der Waals surface area contributed by atoms with Crippen molar-refractivity contribution >= 4 is 10.0 Å². The molecular weight excluding hydrogens is 343 g/mol. The maximum absolute atomic E-state index is 13.3. The predicted molar refractivity (Wildman–Crippen MR) is 95.1 cm³/mol. The van der Waals surface area contributed by atoms with Gasteiger partial charge in [-0.3, -0.25) is 0 Å². The van der Waals surface area contributed by atoms with Gasteiger partial charge in [0.1, 0.15) is 5.82 Å². The van der Waals surface area contributed by atoms with Crippen LogP contribution in [0.4, 0.5) is 4.39 Å². The van der Waals surface area contributed by atoms with Crippen LogP contribution in [-0.4, -0.2) is 49.3 Å². The predicted octanol–water partition coefficient (Wildman–Crippen LogP) is 2.04. The third-order valence-electron chi connectivity index (χ3n) is 5.42. The van der Waals surface area contributed by atoms with Crippen LogP contribution in [0.1, 0.15) is 43.8 Å². The number of piperidine rings is 1. The molecule has 2 saturated heterocycles. The first-order valence-electron chi connectivity index (χ1n) is 8.97. The van der Waals surface area contributed by atoms with Gasteiger partial charge in [-0.1, -0.05) is 12.1 Å². The zero-order chi connectivity index (χ0) is 18.0. The average Bonchev–Trinajstić information content (AvgIpc) is 3.02. The van der Waals surface area contributed by atoms with Gasteiger partial charge in [-0.05, 0) is 55.7 Å². The molecule has 0 bridgehead atoms. The Labute approximate surface area is 149 Å². The van der Waals surface area contributed by atoms with Crippen LogP contribution in [0.25, 0.3) is 0 Å². The number of halogens is 1. The molecule has 140 valence electrons. The molecule has 2 aliphatic rings. The second-order valence-corrected chi connectivity index (χ2v) is 9.39. The fourth-order valence-electron chi connectivity index (χ4n) is 4.13. The molecule has 7 heteroatoms.